The molecular formula is C16H17ClO. The average molecular weight is 261 g/mol. The highest BCUT2D eigenvalue weighted by Crippen LogP contribution is 2.26. The fourth-order valence-electron chi connectivity index (χ4n) is 1.96. The van der Waals surface area contributed by atoms with E-state index in [1.165, 1.54) is 11.1 Å². The summed E-state index contributed by atoms with van der Waals surface area (Å²) in [7, 11) is 0. The number of benzene rings is 2. The van der Waals surface area contributed by atoms with Gasteiger partial charge >= 0.3 is 0 Å². The van der Waals surface area contributed by atoms with Crippen molar-refractivity contribution in [2.24, 2.45) is 0 Å². The van der Waals surface area contributed by atoms with Crippen LogP contribution >= 0.6 is 11.6 Å². The third-order valence-corrected chi connectivity index (χ3v) is 3.31. The quantitative estimate of drug-likeness (QED) is 0.760. The zero-order valence-electron chi connectivity index (χ0n) is 10.7. The van der Waals surface area contributed by atoms with Gasteiger partial charge in [-0.25, -0.2) is 0 Å². The maximum atomic E-state index is 5.90. The highest BCUT2D eigenvalue weighted by atomic mass is 35.5. The van der Waals surface area contributed by atoms with E-state index in [4.69, 9.17) is 16.3 Å². The van der Waals surface area contributed by atoms with Crippen molar-refractivity contribution in [3.63, 3.8) is 0 Å². The van der Waals surface area contributed by atoms with Crippen molar-refractivity contribution in [3.8, 4) is 5.75 Å². The lowest BCUT2D eigenvalue weighted by atomic mass is 9.93. The van der Waals surface area contributed by atoms with Crippen molar-refractivity contribution in [1.82, 2.24) is 0 Å². The summed E-state index contributed by atoms with van der Waals surface area (Å²) in [5, 5.41) is 0.776. The van der Waals surface area contributed by atoms with Gasteiger partial charge in [-0.05, 0) is 42.3 Å². The van der Waals surface area contributed by atoms with E-state index in [1.807, 2.05) is 31.2 Å². The van der Waals surface area contributed by atoms with Gasteiger partial charge in [-0.15, -0.1) is 0 Å². The second-order valence-electron chi connectivity index (χ2n) is 4.28. The monoisotopic (exact) mass is 260 g/mol. The molecule has 0 spiro atoms. The van der Waals surface area contributed by atoms with Gasteiger partial charge in [0, 0.05) is 10.9 Å². The van der Waals surface area contributed by atoms with Crippen LogP contribution in [-0.4, -0.2) is 6.61 Å². The van der Waals surface area contributed by atoms with Crippen LogP contribution in [0.5, 0.6) is 5.75 Å². The Balaban J connectivity index is 2.17. The van der Waals surface area contributed by atoms with E-state index in [2.05, 4.69) is 31.2 Å². The normalized spacial score (nSPS) is 12.2. The smallest absolute Gasteiger partial charge is 0.119 e. The molecule has 0 aromatic heterocycles. The van der Waals surface area contributed by atoms with Gasteiger partial charge in [0.2, 0.25) is 0 Å². The molecule has 0 aliphatic rings. The topological polar surface area (TPSA) is 9.23 Å². The van der Waals surface area contributed by atoms with Gasteiger partial charge in [0.25, 0.3) is 0 Å². The molecule has 2 aromatic carbocycles. The Hall–Kier alpha value is -1.47. The molecule has 1 unspecified atom stereocenters. The van der Waals surface area contributed by atoms with E-state index in [9.17, 15) is 0 Å². The zero-order valence-corrected chi connectivity index (χ0v) is 11.4. The molecule has 0 amide bonds. The van der Waals surface area contributed by atoms with E-state index in [1.54, 1.807) is 0 Å². The Bertz CT molecular complexity index is 488. The first kappa shape index (κ1) is 13.0. The molecule has 0 saturated heterocycles. The fraction of sp³-hybridized carbons (Fsp3) is 0.250. The van der Waals surface area contributed by atoms with E-state index in [0.29, 0.717) is 12.5 Å². The van der Waals surface area contributed by atoms with Gasteiger partial charge in [0.15, 0.2) is 0 Å². The largest absolute Gasteiger partial charge is 0.494 e. The van der Waals surface area contributed by atoms with Crippen LogP contribution in [0.25, 0.3) is 0 Å². The molecule has 2 aromatic rings. The molecule has 0 aliphatic carbocycles. The Morgan fingerprint density at radius 2 is 1.44 bits per heavy atom. The Kier molecular flexibility index (Phi) is 4.27. The molecule has 2 rings (SSSR count). The second kappa shape index (κ2) is 5.92. The Morgan fingerprint density at radius 3 is 1.94 bits per heavy atom. The molecule has 2 heteroatoms. The van der Waals surface area contributed by atoms with Crippen LogP contribution in [0.3, 0.4) is 0 Å². The third-order valence-electron chi connectivity index (χ3n) is 3.06. The van der Waals surface area contributed by atoms with Crippen molar-refractivity contribution in [2.45, 2.75) is 19.8 Å². The highest BCUT2D eigenvalue weighted by molar-refractivity contribution is 6.30. The molecule has 18 heavy (non-hydrogen) atoms. The highest BCUT2D eigenvalue weighted by Gasteiger charge is 2.08. The van der Waals surface area contributed by atoms with Crippen molar-refractivity contribution < 1.29 is 4.74 Å². The molecule has 0 bridgehead atoms. The summed E-state index contributed by atoms with van der Waals surface area (Å²) in [6.45, 7) is 4.88. The third kappa shape index (κ3) is 3.05. The van der Waals surface area contributed by atoms with Crippen LogP contribution in [0, 0.1) is 0 Å². The van der Waals surface area contributed by atoms with Gasteiger partial charge < -0.3 is 4.74 Å². The van der Waals surface area contributed by atoms with Crippen molar-refractivity contribution in [3.05, 3.63) is 64.7 Å². The Labute approximate surface area is 113 Å². The van der Waals surface area contributed by atoms with Gasteiger partial charge in [0.1, 0.15) is 5.75 Å². The second-order valence-corrected chi connectivity index (χ2v) is 4.71. The summed E-state index contributed by atoms with van der Waals surface area (Å²) >= 11 is 5.90. The fourth-order valence-corrected chi connectivity index (χ4v) is 2.09. The minimum atomic E-state index is 0.359. The van der Waals surface area contributed by atoms with Crippen molar-refractivity contribution in [2.75, 3.05) is 6.61 Å². The number of hydrogen-bond acceptors (Lipinski definition) is 1. The minimum Gasteiger partial charge on any atom is -0.494 e. The molecule has 1 nitrogen and oxygen atoms in total. The first-order chi connectivity index (χ1) is 8.70. The van der Waals surface area contributed by atoms with Gasteiger partial charge in [-0.2, -0.15) is 0 Å². The molecular weight excluding hydrogens is 244 g/mol. The van der Waals surface area contributed by atoms with Crippen LogP contribution < -0.4 is 4.74 Å². The maximum Gasteiger partial charge on any atom is 0.119 e. The predicted octanol–water partition coefficient (Wildman–Crippen LogP) is 4.89. The summed E-state index contributed by atoms with van der Waals surface area (Å²) in [4.78, 5) is 0. The van der Waals surface area contributed by atoms with E-state index < -0.39 is 0 Å². The minimum absolute atomic E-state index is 0.359. The van der Waals surface area contributed by atoms with Gasteiger partial charge in [-0.1, -0.05) is 42.8 Å². The number of hydrogen-bond donors (Lipinski definition) is 0. The first-order valence-corrected chi connectivity index (χ1v) is 6.56. The van der Waals surface area contributed by atoms with Crippen LogP contribution in [0.2, 0.25) is 5.02 Å². The molecule has 0 heterocycles. The van der Waals surface area contributed by atoms with Gasteiger partial charge in [-0.3, -0.25) is 0 Å². The number of rotatable bonds is 4. The van der Waals surface area contributed by atoms with Crippen LogP contribution in [-0.2, 0) is 0 Å². The average Bonchev–Trinajstić information content (AvgIpc) is 2.40. The number of halogens is 1. The van der Waals surface area contributed by atoms with Crippen LogP contribution in [0.15, 0.2) is 48.5 Å². The van der Waals surface area contributed by atoms with Gasteiger partial charge in [0.05, 0.1) is 6.61 Å². The SMILES string of the molecule is CCOc1ccc(C(C)c2ccc(Cl)cc2)cc1. The molecule has 1 atom stereocenters. The molecule has 0 aliphatic heterocycles. The summed E-state index contributed by atoms with van der Waals surface area (Å²) in [6, 6.07) is 16.3. The lowest BCUT2D eigenvalue weighted by molar-refractivity contribution is 0.340. The molecule has 0 fully saturated rings. The van der Waals surface area contributed by atoms with E-state index >= 15 is 0 Å². The lowest BCUT2D eigenvalue weighted by Gasteiger charge is -2.13. The molecule has 0 N–H and O–H groups in total. The lowest BCUT2D eigenvalue weighted by Crippen LogP contribution is -1.96. The summed E-state index contributed by atoms with van der Waals surface area (Å²) in [5.41, 5.74) is 2.55. The predicted molar refractivity (Wildman–Crippen MR) is 76.6 cm³/mol. The standard InChI is InChI=1S/C16H17ClO/c1-3-18-16-10-6-14(7-11-16)12(2)13-4-8-15(17)9-5-13/h4-12H,3H2,1-2H3. The van der Waals surface area contributed by atoms with E-state index in [0.717, 1.165) is 10.8 Å². The van der Waals surface area contributed by atoms with E-state index in [-0.39, 0.29) is 0 Å². The first-order valence-electron chi connectivity index (χ1n) is 6.19. The molecule has 0 radical (unpaired) electrons. The Morgan fingerprint density at radius 1 is 0.944 bits per heavy atom. The van der Waals surface area contributed by atoms with Crippen LogP contribution in [0.4, 0.5) is 0 Å². The molecule has 94 valence electrons. The van der Waals surface area contributed by atoms with Crippen LogP contribution in [0.1, 0.15) is 30.9 Å². The molecule has 0 saturated carbocycles. The zero-order chi connectivity index (χ0) is 13.0. The number of ether oxygens (including phenoxy) is 1. The van der Waals surface area contributed by atoms with Crippen molar-refractivity contribution in [1.29, 1.82) is 0 Å². The summed E-state index contributed by atoms with van der Waals surface area (Å²) in [5.74, 6) is 1.28. The maximum absolute atomic E-state index is 5.90. The summed E-state index contributed by atoms with van der Waals surface area (Å²) in [6.07, 6.45) is 0. The summed E-state index contributed by atoms with van der Waals surface area (Å²) < 4.78 is 5.44. The van der Waals surface area contributed by atoms with Crippen molar-refractivity contribution >= 4 is 11.6 Å².